The monoisotopic (exact) mass is 416 g/mol. The van der Waals surface area contributed by atoms with Crippen molar-refractivity contribution in [1.82, 2.24) is 9.97 Å². The van der Waals surface area contributed by atoms with Gasteiger partial charge in [-0.05, 0) is 30.3 Å². The lowest BCUT2D eigenvalue weighted by Crippen LogP contribution is -1.94. The Labute approximate surface area is 181 Å². The summed E-state index contributed by atoms with van der Waals surface area (Å²) in [5.74, 6) is 3.25. The molecule has 0 fully saturated rings. The highest BCUT2D eigenvalue weighted by Crippen LogP contribution is 2.41. The summed E-state index contributed by atoms with van der Waals surface area (Å²) in [7, 11) is 6.48. The number of hydrogen-bond donors (Lipinski definition) is 1. The van der Waals surface area contributed by atoms with Crippen LogP contribution in [0, 0.1) is 0 Å². The molecule has 0 aliphatic heterocycles. The van der Waals surface area contributed by atoms with Crippen LogP contribution in [0.4, 0.5) is 0 Å². The average Bonchev–Trinajstić information content (AvgIpc) is 3.28. The van der Waals surface area contributed by atoms with Crippen LogP contribution in [0.5, 0.6) is 23.0 Å². The molecular weight excluding hydrogens is 392 g/mol. The van der Waals surface area contributed by atoms with Gasteiger partial charge in [-0.1, -0.05) is 36.4 Å². The molecule has 3 aromatic carbocycles. The number of aromatic nitrogens is 2. The molecule has 158 valence electrons. The molecule has 0 atom stereocenters. The standard InChI is InChI=1S/C25H24N2O4/c1-28-19-14-13-17(15-21(19)30-3)23-22(16-9-6-5-7-10-16)26-25(27-23)18-11-8-12-20(29-2)24(18)31-4/h5-15H,1-4H3,(H,26,27). The number of ether oxygens (including phenoxy) is 4. The fraction of sp³-hybridized carbons (Fsp3) is 0.160. The number of H-pyrrole nitrogens is 1. The highest BCUT2D eigenvalue weighted by atomic mass is 16.5. The van der Waals surface area contributed by atoms with Crippen LogP contribution in [0.1, 0.15) is 0 Å². The molecule has 0 aliphatic rings. The molecule has 0 bridgehead atoms. The van der Waals surface area contributed by atoms with Gasteiger partial charge in [0.2, 0.25) is 0 Å². The predicted molar refractivity (Wildman–Crippen MR) is 121 cm³/mol. The van der Waals surface area contributed by atoms with Crippen molar-refractivity contribution in [3.8, 4) is 56.9 Å². The number of nitrogens with one attached hydrogen (secondary N) is 1. The van der Waals surface area contributed by atoms with Crippen molar-refractivity contribution in [2.45, 2.75) is 0 Å². The quantitative estimate of drug-likeness (QED) is 0.434. The van der Waals surface area contributed by atoms with Crippen molar-refractivity contribution >= 4 is 0 Å². The molecule has 0 amide bonds. The molecule has 1 aromatic heterocycles. The first-order valence-electron chi connectivity index (χ1n) is 9.79. The lowest BCUT2D eigenvalue weighted by atomic mass is 10.0. The molecule has 0 spiro atoms. The number of nitrogens with zero attached hydrogens (tertiary/aromatic N) is 1. The minimum atomic E-state index is 0.622. The second-order valence-electron chi connectivity index (χ2n) is 6.79. The summed E-state index contributed by atoms with van der Waals surface area (Å²) in [6, 6.07) is 21.6. The minimum Gasteiger partial charge on any atom is -0.493 e. The van der Waals surface area contributed by atoms with E-state index >= 15 is 0 Å². The summed E-state index contributed by atoms with van der Waals surface area (Å²) < 4.78 is 22.0. The minimum absolute atomic E-state index is 0.622. The Morgan fingerprint density at radius 2 is 1.39 bits per heavy atom. The van der Waals surface area contributed by atoms with Gasteiger partial charge in [0.1, 0.15) is 5.82 Å². The second-order valence-corrected chi connectivity index (χ2v) is 6.79. The summed E-state index contributed by atoms with van der Waals surface area (Å²) in [4.78, 5) is 8.44. The Morgan fingerprint density at radius 3 is 2.06 bits per heavy atom. The summed E-state index contributed by atoms with van der Waals surface area (Å²) in [5, 5.41) is 0. The lowest BCUT2D eigenvalue weighted by molar-refractivity contribution is 0.355. The van der Waals surface area contributed by atoms with E-state index in [0.29, 0.717) is 28.8 Å². The van der Waals surface area contributed by atoms with Crippen LogP contribution in [0.3, 0.4) is 0 Å². The first-order valence-corrected chi connectivity index (χ1v) is 9.79. The number of rotatable bonds is 7. The third kappa shape index (κ3) is 3.80. The van der Waals surface area contributed by atoms with E-state index in [9.17, 15) is 0 Å². The van der Waals surface area contributed by atoms with E-state index in [1.54, 1.807) is 28.4 Å². The van der Waals surface area contributed by atoms with Crippen LogP contribution in [-0.4, -0.2) is 38.4 Å². The maximum Gasteiger partial charge on any atom is 0.171 e. The van der Waals surface area contributed by atoms with E-state index in [4.69, 9.17) is 23.9 Å². The third-order valence-corrected chi connectivity index (χ3v) is 5.08. The van der Waals surface area contributed by atoms with E-state index in [2.05, 4.69) is 4.98 Å². The fourth-order valence-electron chi connectivity index (χ4n) is 3.58. The van der Waals surface area contributed by atoms with Crippen LogP contribution in [0.25, 0.3) is 33.9 Å². The van der Waals surface area contributed by atoms with E-state index in [0.717, 1.165) is 28.1 Å². The van der Waals surface area contributed by atoms with Gasteiger partial charge in [-0.25, -0.2) is 4.98 Å². The summed E-state index contributed by atoms with van der Waals surface area (Å²) in [6.07, 6.45) is 0. The van der Waals surface area contributed by atoms with E-state index < -0.39 is 0 Å². The lowest BCUT2D eigenvalue weighted by Gasteiger charge is -2.10. The maximum atomic E-state index is 5.63. The van der Waals surface area contributed by atoms with Crippen molar-refractivity contribution in [2.24, 2.45) is 0 Å². The third-order valence-electron chi connectivity index (χ3n) is 5.08. The number of benzene rings is 3. The van der Waals surface area contributed by atoms with Crippen LogP contribution in [0.15, 0.2) is 66.7 Å². The zero-order valence-electron chi connectivity index (χ0n) is 17.9. The van der Waals surface area contributed by atoms with E-state index in [-0.39, 0.29) is 0 Å². The van der Waals surface area contributed by atoms with Gasteiger partial charge in [0.25, 0.3) is 0 Å². The SMILES string of the molecule is COc1ccc(-c2nc(-c3cccc(OC)c3OC)[nH]c2-c2ccccc2)cc1OC. The van der Waals surface area contributed by atoms with Gasteiger partial charge in [-0.3, -0.25) is 0 Å². The number of methoxy groups -OCH3 is 4. The Balaban J connectivity index is 1.94. The highest BCUT2D eigenvalue weighted by molar-refractivity contribution is 5.83. The molecule has 0 unspecified atom stereocenters. The van der Waals surface area contributed by atoms with Crippen molar-refractivity contribution in [3.05, 3.63) is 66.7 Å². The molecule has 0 saturated heterocycles. The molecule has 1 heterocycles. The van der Waals surface area contributed by atoms with Gasteiger partial charge in [0.05, 0.1) is 45.4 Å². The number of para-hydroxylation sites is 1. The fourth-order valence-corrected chi connectivity index (χ4v) is 3.58. The van der Waals surface area contributed by atoms with Crippen molar-refractivity contribution < 1.29 is 18.9 Å². The first kappa shape index (κ1) is 20.3. The molecule has 0 aliphatic carbocycles. The molecule has 6 heteroatoms. The van der Waals surface area contributed by atoms with Crippen molar-refractivity contribution in [3.63, 3.8) is 0 Å². The number of aromatic amines is 1. The van der Waals surface area contributed by atoms with Crippen LogP contribution >= 0.6 is 0 Å². The number of imidazole rings is 1. The van der Waals surface area contributed by atoms with Crippen molar-refractivity contribution in [2.75, 3.05) is 28.4 Å². The molecule has 1 N–H and O–H groups in total. The van der Waals surface area contributed by atoms with Gasteiger partial charge in [0.15, 0.2) is 23.0 Å². The Kier molecular flexibility index (Phi) is 5.80. The Bertz CT molecular complexity index is 1190. The molecule has 0 radical (unpaired) electrons. The second kappa shape index (κ2) is 8.83. The van der Waals surface area contributed by atoms with E-state index in [1.807, 2.05) is 66.7 Å². The molecule has 4 rings (SSSR count). The average molecular weight is 416 g/mol. The smallest absolute Gasteiger partial charge is 0.171 e. The zero-order chi connectivity index (χ0) is 21.8. The van der Waals surface area contributed by atoms with Gasteiger partial charge >= 0.3 is 0 Å². The summed E-state index contributed by atoms with van der Waals surface area (Å²) in [5.41, 5.74) is 4.43. The molecule has 31 heavy (non-hydrogen) atoms. The molecule has 0 saturated carbocycles. The van der Waals surface area contributed by atoms with Crippen LogP contribution in [0.2, 0.25) is 0 Å². The van der Waals surface area contributed by atoms with Crippen LogP contribution in [-0.2, 0) is 0 Å². The molecule has 4 aromatic rings. The number of hydrogen-bond acceptors (Lipinski definition) is 5. The largest absolute Gasteiger partial charge is 0.493 e. The van der Waals surface area contributed by atoms with Gasteiger partial charge in [0, 0.05) is 11.1 Å². The van der Waals surface area contributed by atoms with Gasteiger partial charge < -0.3 is 23.9 Å². The predicted octanol–water partition coefficient (Wildman–Crippen LogP) is 5.45. The van der Waals surface area contributed by atoms with Crippen LogP contribution < -0.4 is 18.9 Å². The topological polar surface area (TPSA) is 65.6 Å². The molecular formula is C25H24N2O4. The normalized spacial score (nSPS) is 10.6. The Hall–Kier alpha value is -3.93. The summed E-state index contributed by atoms with van der Waals surface area (Å²) >= 11 is 0. The summed E-state index contributed by atoms with van der Waals surface area (Å²) in [6.45, 7) is 0. The van der Waals surface area contributed by atoms with Gasteiger partial charge in [-0.15, -0.1) is 0 Å². The highest BCUT2D eigenvalue weighted by Gasteiger charge is 2.20. The van der Waals surface area contributed by atoms with E-state index in [1.165, 1.54) is 0 Å². The first-order chi connectivity index (χ1) is 15.2. The maximum absolute atomic E-state index is 5.63. The zero-order valence-corrected chi connectivity index (χ0v) is 17.9. The van der Waals surface area contributed by atoms with Gasteiger partial charge in [-0.2, -0.15) is 0 Å². The van der Waals surface area contributed by atoms with Crippen molar-refractivity contribution in [1.29, 1.82) is 0 Å². The molecule has 6 nitrogen and oxygen atoms in total. The Morgan fingerprint density at radius 1 is 0.645 bits per heavy atom.